The predicted molar refractivity (Wildman–Crippen MR) is 79.3 cm³/mol. The molecule has 1 aliphatic heterocycles. The van der Waals surface area contributed by atoms with Gasteiger partial charge in [0, 0.05) is 0 Å². The van der Waals surface area contributed by atoms with Crippen molar-refractivity contribution in [1.82, 2.24) is 5.32 Å². The van der Waals surface area contributed by atoms with Crippen molar-refractivity contribution in [3.63, 3.8) is 0 Å². The SMILES string of the molecule is CNC(c1ccc(F)c(C)c1)C1COc2ccccc2O1. The second-order valence-corrected chi connectivity index (χ2v) is 5.19. The van der Waals surface area contributed by atoms with Crippen LogP contribution in [0, 0.1) is 12.7 Å². The van der Waals surface area contributed by atoms with Gasteiger partial charge in [0.2, 0.25) is 0 Å². The van der Waals surface area contributed by atoms with E-state index in [-0.39, 0.29) is 18.0 Å². The maximum absolute atomic E-state index is 13.4. The minimum absolute atomic E-state index is 0.0577. The molecular weight excluding hydrogens is 269 g/mol. The Morgan fingerprint density at radius 3 is 2.67 bits per heavy atom. The maximum Gasteiger partial charge on any atom is 0.161 e. The first-order valence-electron chi connectivity index (χ1n) is 7.01. The van der Waals surface area contributed by atoms with Gasteiger partial charge in [-0.15, -0.1) is 0 Å². The molecule has 3 nitrogen and oxygen atoms in total. The number of halogens is 1. The average molecular weight is 287 g/mol. The molecule has 2 aromatic rings. The number of fused-ring (bicyclic) bond motifs is 1. The monoisotopic (exact) mass is 287 g/mol. The highest BCUT2D eigenvalue weighted by molar-refractivity contribution is 5.41. The van der Waals surface area contributed by atoms with Gasteiger partial charge in [-0.05, 0) is 43.3 Å². The topological polar surface area (TPSA) is 30.5 Å². The predicted octanol–water partition coefficient (Wildman–Crippen LogP) is 3.23. The highest BCUT2D eigenvalue weighted by atomic mass is 19.1. The molecule has 0 saturated heterocycles. The van der Waals surface area contributed by atoms with E-state index >= 15 is 0 Å². The fraction of sp³-hybridized carbons (Fsp3) is 0.294. The molecule has 2 atom stereocenters. The number of hydrogen-bond donors (Lipinski definition) is 1. The van der Waals surface area contributed by atoms with Crippen molar-refractivity contribution in [2.24, 2.45) is 0 Å². The summed E-state index contributed by atoms with van der Waals surface area (Å²) >= 11 is 0. The number of nitrogens with one attached hydrogen (secondary N) is 1. The van der Waals surface area contributed by atoms with Crippen molar-refractivity contribution in [3.8, 4) is 11.5 Å². The van der Waals surface area contributed by atoms with Gasteiger partial charge < -0.3 is 14.8 Å². The fourth-order valence-electron chi connectivity index (χ4n) is 2.63. The Hall–Kier alpha value is -2.07. The van der Waals surface area contributed by atoms with E-state index < -0.39 is 0 Å². The third-order valence-electron chi connectivity index (χ3n) is 3.75. The largest absolute Gasteiger partial charge is 0.486 e. The average Bonchev–Trinajstić information content (AvgIpc) is 2.51. The van der Waals surface area contributed by atoms with Gasteiger partial charge in [-0.1, -0.05) is 24.3 Å². The Morgan fingerprint density at radius 1 is 1.19 bits per heavy atom. The van der Waals surface area contributed by atoms with E-state index in [0.717, 1.165) is 17.1 Å². The van der Waals surface area contributed by atoms with E-state index in [1.54, 1.807) is 13.0 Å². The van der Waals surface area contributed by atoms with E-state index in [1.807, 2.05) is 37.4 Å². The molecule has 110 valence electrons. The smallest absolute Gasteiger partial charge is 0.161 e. The molecule has 0 amide bonds. The summed E-state index contributed by atoms with van der Waals surface area (Å²) in [5.74, 6) is 1.31. The molecule has 1 aliphatic rings. The molecule has 0 aromatic heterocycles. The van der Waals surface area contributed by atoms with Crippen molar-refractivity contribution in [1.29, 1.82) is 0 Å². The van der Waals surface area contributed by atoms with E-state index in [0.29, 0.717) is 12.2 Å². The quantitative estimate of drug-likeness (QED) is 0.940. The molecule has 0 bridgehead atoms. The Kier molecular flexibility index (Phi) is 3.80. The van der Waals surface area contributed by atoms with Crippen LogP contribution in [-0.2, 0) is 0 Å². The van der Waals surface area contributed by atoms with Crippen molar-refractivity contribution in [3.05, 3.63) is 59.4 Å². The second kappa shape index (κ2) is 5.74. The standard InChI is InChI=1S/C17H18FNO2/c1-11-9-12(7-8-13(11)18)17(19-2)16-10-20-14-5-3-4-6-15(14)21-16/h3-9,16-17,19H,10H2,1-2H3. The lowest BCUT2D eigenvalue weighted by Crippen LogP contribution is -2.40. The molecule has 0 spiro atoms. The second-order valence-electron chi connectivity index (χ2n) is 5.19. The Morgan fingerprint density at radius 2 is 1.95 bits per heavy atom. The zero-order chi connectivity index (χ0) is 14.8. The van der Waals surface area contributed by atoms with Crippen LogP contribution in [-0.4, -0.2) is 19.8 Å². The molecule has 21 heavy (non-hydrogen) atoms. The summed E-state index contributed by atoms with van der Waals surface area (Å²) in [5.41, 5.74) is 1.62. The molecule has 0 saturated carbocycles. The summed E-state index contributed by atoms with van der Waals surface area (Å²) in [4.78, 5) is 0. The highest BCUT2D eigenvalue weighted by Gasteiger charge is 2.29. The Balaban J connectivity index is 1.86. The molecule has 1 N–H and O–H groups in total. The van der Waals surface area contributed by atoms with Gasteiger partial charge in [0.15, 0.2) is 17.6 Å². The van der Waals surface area contributed by atoms with Crippen molar-refractivity contribution in [2.45, 2.75) is 19.1 Å². The van der Waals surface area contributed by atoms with Crippen molar-refractivity contribution in [2.75, 3.05) is 13.7 Å². The minimum atomic E-state index is -0.195. The van der Waals surface area contributed by atoms with E-state index in [9.17, 15) is 4.39 Å². The van der Waals surface area contributed by atoms with E-state index in [2.05, 4.69) is 5.32 Å². The number of benzene rings is 2. The maximum atomic E-state index is 13.4. The molecule has 0 aliphatic carbocycles. The normalized spacial score (nSPS) is 18.3. The van der Waals surface area contributed by atoms with Crippen LogP contribution in [0.2, 0.25) is 0 Å². The highest BCUT2D eigenvalue weighted by Crippen LogP contribution is 2.34. The lowest BCUT2D eigenvalue weighted by atomic mass is 9.99. The van der Waals surface area contributed by atoms with Crippen LogP contribution >= 0.6 is 0 Å². The third-order valence-corrected chi connectivity index (χ3v) is 3.75. The van der Waals surface area contributed by atoms with E-state index in [1.165, 1.54) is 6.07 Å². The number of para-hydroxylation sites is 2. The summed E-state index contributed by atoms with van der Waals surface area (Å²) in [6.07, 6.45) is -0.158. The first-order chi connectivity index (χ1) is 10.2. The Bertz CT molecular complexity index is 644. The zero-order valence-electron chi connectivity index (χ0n) is 12.1. The summed E-state index contributed by atoms with van der Waals surface area (Å²) in [7, 11) is 1.87. The zero-order valence-corrected chi connectivity index (χ0v) is 12.1. The summed E-state index contributed by atoms with van der Waals surface area (Å²) < 4.78 is 25.2. The van der Waals surface area contributed by atoms with Crippen LogP contribution in [0.25, 0.3) is 0 Å². The molecule has 2 unspecified atom stereocenters. The molecule has 1 heterocycles. The minimum Gasteiger partial charge on any atom is -0.486 e. The van der Waals surface area contributed by atoms with Gasteiger partial charge in [0.25, 0.3) is 0 Å². The number of likely N-dealkylation sites (N-methyl/N-ethyl adjacent to an activating group) is 1. The summed E-state index contributed by atoms with van der Waals surface area (Å²) in [6, 6.07) is 12.7. The number of hydrogen-bond acceptors (Lipinski definition) is 3. The number of aryl methyl sites for hydroxylation is 1. The van der Waals surface area contributed by atoms with Crippen LogP contribution in [0.15, 0.2) is 42.5 Å². The third kappa shape index (κ3) is 2.72. The molecule has 2 aromatic carbocycles. The number of ether oxygens (including phenoxy) is 2. The Labute approximate surface area is 123 Å². The summed E-state index contributed by atoms with van der Waals surface area (Å²) in [5, 5.41) is 3.24. The van der Waals surface area contributed by atoms with Gasteiger partial charge in [0.05, 0.1) is 6.04 Å². The summed E-state index contributed by atoms with van der Waals surface area (Å²) in [6.45, 7) is 2.22. The van der Waals surface area contributed by atoms with Crippen LogP contribution in [0.1, 0.15) is 17.2 Å². The molecule has 4 heteroatoms. The van der Waals surface area contributed by atoms with Crippen LogP contribution in [0.5, 0.6) is 11.5 Å². The van der Waals surface area contributed by atoms with E-state index in [4.69, 9.17) is 9.47 Å². The lowest BCUT2D eigenvalue weighted by molar-refractivity contribution is 0.0638. The van der Waals surface area contributed by atoms with Gasteiger partial charge >= 0.3 is 0 Å². The van der Waals surface area contributed by atoms with Gasteiger partial charge in [0.1, 0.15) is 12.4 Å². The van der Waals surface area contributed by atoms with Gasteiger partial charge in [-0.2, -0.15) is 0 Å². The van der Waals surface area contributed by atoms with Gasteiger partial charge in [-0.25, -0.2) is 4.39 Å². The van der Waals surface area contributed by atoms with Crippen LogP contribution in [0.4, 0.5) is 4.39 Å². The van der Waals surface area contributed by atoms with Crippen LogP contribution < -0.4 is 14.8 Å². The van der Waals surface area contributed by atoms with Crippen molar-refractivity contribution >= 4 is 0 Å². The molecular formula is C17H18FNO2. The van der Waals surface area contributed by atoms with Crippen molar-refractivity contribution < 1.29 is 13.9 Å². The molecule has 3 rings (SSSR count). The fourth-order valence-corrected chi connectivity index (χ4v) is 2.63. The molecule has 0 radical (unpaired) electrons. The molecule has 0 fully saturated rings. The van der Waals surface area contributed by atoms with Gasteiger partial charge in [-0.3, -0.25) is 0 Å². The first-order valence-corrected chi connectivity index (χ1v) is 7.01. The van der Waals surface area contributed by atoms with Crippen LogP contribution in [0.3, 0.4) is 0 Å². The lowest BCUT2D eigenvalue weighted by Gasteiger charge is -2.32. The first kappa shape index (κ1) is 13.9. The number of rotatable bonds is 3.